The standard InChI is InChI=1S/C27H35N3O3/c1-27(2)17-32-23-15-20(19-6-5-7-21(14-19)29(3)4)8-9-22(23)25(27)28-26(31)33-24-16-30-12-10-18(24)11-13-30/h5-9,14-15,18,24-25H,10-13,16-17H2,1-4H3,(H,28,31)/t24-,25?/m1/s1. The Bertz CT molecular complexity index is 1030. The molecule has 6 nitrogen and oxygen atoms in total. The summed E-state index contributed by atoms with van der Waals surface area (Å²) in [4.78, 5) is 17.4. The molecule has 2 atom stereocenters. The van der Waals surface area contributed by atoms with E-state index in [0.29, 0.717) is 12.5 Å². The third-order valence-corrected chi connectivity index (χ3v) is 7.52. The van der Waals surface area contributed by atoms with Gasteiger partial charge in [0.2, 0.25) is 0 Å². The van der Waals surface area contributed by atoms with Gasteiger partial charge in [0.1, 0.15) is 11.9 Å². The van der Waals surface area contributed by atoms with Gasteiger partial charge < -0.3 is 19.7 Å². The van der Waals surface area contributed by atoms with Crippen LogP contribution in [0.3, 0.4) is 0 Å². The summed E-state index contributed by atoms with van der Waals surface area (Å²) in [5.74, 6) is 1.33. The van der Waals surface area contributed by atoms with Gasteiger partial charge in [-0.2, -0.15) is 0 Å². The van der Waals surface area contributed by atoms with E-state index in [1.54, 1.807) is 0 Å². The molecule has 2 aromatic rings. The topological polar surface area (TPSA) is 54.0 Å². The van der Waals surface area contributed by atoms with Gasteiger partial charge in [0, 0.05) is 37.3 Å². The number of ether oxygens (including phenoxy) is 2. The van der Waals surface area contributed by atoms with Crippen LogP contribution >= 0.6 is 0 Å². The maximum atomic E-state index is 12.9. The number of rotatable bonds is 4. The minimum Gasteiger partial charge on any atom is -0.493 e. The number of fused-ring (bicyclic) bond motifs is 4. The first-order valence-electron chi connectivity index (χ1n) is 12.0. The molecule has 0 radical (unpaired) electrons. The fourth-order valence-corrected chi connectivity index (χ4v) is 5.42. The van der Waals surface area contributed by atoms with Gasteiger partial charge in [-0.1, -0.05) is 38.1 Å². The lowest BCUT2D eigenvalue weighted by Gasteiger charge is -2.44. The summed E-state index contributed by atoms with van der Waals surface area (Å²) >= 11 is 0. The second-order valence-corrected chi connectivity index (χ2v) is 10.6. The molecule has 1 amide bonds. The quantitative estimate of drug-likeness (QED) is 0.733. The Kier molecular flexibility index (Phi) is 5.73. The van der Waals surface area contributed by atoms with E-state index in [1.165, 1.54) is 0 Å². The minimum atomic E-state index is -0.317. The second-order valence-electron chi connectivity index (χ2n) is 10.6. The van der Waals surface area contributed by atoms with E-state index in [-0.39, 0.29) is 23.7 Å². The first-order chi connectivity index (χ1) is 15.8. The van der Waals surface area contributed by atoms with Crippen LogP contribution in [0.5, 0.6) is 5.75 Å². The predicted molar refractivity (Wildman–Crippen MR) is 131 cm³/mol. The van der Waals surface area contributed by atoms with Crippen LogP contribution < -0.4 is 15.0 Å². The maximum Gasteiger partial charge on any atom is 0.407 e. The molecule has 4 heterocycles. The fraction of sp³-hybridized carbons (Fsp3) is 0.519. The van der Waals surface area contributed by atoms with Crippen LogP contribution in [-0.2, 0) is 4.74 Å². The van der Waals surface area contributed by atoms with E-state index in [2.05, 4.69) is 71.4 Å². The lowest BCUT2D eigenvalue weighted by molar-refractivity contribution is -0.0361. The molecule has 0 aliphatic carbocycles. The number of benzene rings is 2. The van der Waals surface area contributed by atoms with Gasteiger partial charge in [-0.25, -0.2) is 4.79 Å². The van der Waals surface area contributed by atoms with Gasteiger partial charge in [-0.15, -0.1) is 0 Å². The van der Waals surface area contributed by atoms with Gasteiger partial charge in [-0.05, 0) is 61.2 Å². The Labute approximate surface area is 196 Å². The molecule has 3 saturated heterocycles. The Morgan fingerprint density at radius 3 is 2.58 bits per heavy atom. The minimum absolute atomic E-state index is 0.00118. The number of alkyl carbamates (subject to hydrolysis) is 1. The molecule has 2 aromatic carbocycles. The first kappa shape index (κ1) is 22.1. The SMILES string of the molecule is CN(C)c1cccc(-c2ccc3c(c2)OCC(C)(C)C3NC(=O)O[C@@H]2CN3CCC2CC3)c1. The summed E-state index contributed by atoms with van der Waals surface area (Å²) in [6.07, 6.45) is 1.94. The Balaban J connectivity index is 1.35. The van der Waals surface area contributed by atoms with Gasteiger partial charge in [0.25, 0.3) is 0 Å². The highest BCUT2D eigenvalue weighted by atomic mass is 16.6. The number of nitrogens with one attached hydrogen (secondary N) is 1. The molecule has 2 bridgehead atoms. The van der Waals surface area contributed by atoms with Crippen molar-refractivity contribution in [3.63, 3.8) is 0 Å². The Morgan fingerprint density at radius 2 is 1.88 bits per heavy atom. The van der Waals surface area contributed by atoms with Gasteiger partial charge in [0.05, 0.1) is 12.6 Å². The molecule has 4 aliphatic heterocycles. The number of nitrogens with zero attached hydrogens (tertiary/aromatic N) is 2. The number of amides is 1. The van der Waals surface area contributed by atoms with E-state index in [1.807, 2.05) is 14.1 Å². The summed E-state index contributed by atoms with van der Waals surface area (Å²) in [5, 5.41) is 3.19. The zero-order valence-corrected chi connectivity index (χ0v) is 20.1. The summed E-state index contributed by atoms with van der Waals surface area (Å²) in [7, 11) is 4.09. The summed E-state index contributed by atoms with van der Waals surface area (Å²) in [5.41, 5.74) is 4.16. The molecular formula is C27H35N3O3. The van der Waals surface area contributed by atoms with E-state index in [0.717, 1.165) is 60.6 Å². The number of piperidine rings is 3. The van der Waals surface area contributed by atoms with Crippen molar-refractivity contribution in [2.24, 2.45) is 11.3 Å². The van der Waals surface area contributed by atoms with Crippen molar-refractivity contribution < 1.29 is 14.3 Å². The highest BCUT2D eigenvalue weighted by Gasteiger charge is 2.41. The summed E-state index contributed by atoms with van der Waals surface area (Å²) < 4.78 is 12.1. The van der Waals surface area contributed by atoms with Crippen LogP contribution in [0, 0.1) is 11.3 Å². The zero-order chi connectivity index (χ0) is 23.2. The molecule has 0 aromatic heterocycles. The van der Waals surface area contributed by atoms with Gasteiger partial charge in [0.15, 0.2) is 0 Å². The molecule has 6 rings (SSSR count). The van der Waals surface area contributed by atoms with Crippen LogP contribution in [-0.4, -0.2) is 57.4 Å². The van der Waals surface area contributed by atoms with Crippen molar-refractivity contribution in [2.75, 3.05) is 45.2 Å². The molecule has 176 valence electrons. The lowest BCUT2D eigenvalue weighted by atomic mass is 9.78. The number of anilines is 1. The van der Waals surface area contributed by atoms with Crippen LogP contribution in [0.4, 0.5) is 10.5 Å². The van der Waals surface area contributed by atoms with Crippen LogP contribution in [0.15, 0.2) is 42.5 Å². The van der Waals surface area contributed by atoms with E-state index < -0.39 is 0 Å². The fourth-order valence-electron chi connectivity index (χ4n) is 5.42. The van der Waals surface area contributed by atoms with E-state index in [9.17, 15) is 4.79 Å². The smallest absolute Gasteiger partial charge is 0.407 e. The van der Waals surface area contributed by atoms with Crippen LogP contribution in [0.2, 0.25) is 0 Å². The Morgan fingerprint density at radius 1 is 1.12 bits per heavy atom. The van der Waals surface area contributed by atoms with Crippen molar-refractivity contribution >= 4 is 11.8 Å². The van der Waals surface area contributed by atoms with Crippen molar-refractivity contribution in [3.8, 4) is 16.9 Å². The third-order valence-electron chi connectivity index (χ3n) is 7.52. The third kappa shape index (κ3) is 4.41. The molecule has 33 heavy (non-hydrogen) atoms. The highest BCUT2D eigenvalue weighted by molar-refractivity contribution is 5.72. The molecular weight excluding hydrogens is 414 g/mol. The average molecular weight is 450 g/mol. The maximum absolute atomic E-state index is 12.9. The lowest BCUT2D eigenvalue weighted by Crippen LogP contribution is -2.53. The average Bonchev–Trinajstić information content (AvgIpc) is 2.81. The Hall–Kier alpha value is -2.73. The number of hydrogen-bond acceptors (Lipinski definition) is 5. The molecule has 3 fully saturated rings. The monoisotopic (exact) mass is 449 g/mol. The first-order valence-corrected chi connectivity index (χ1v) is 12.0. The van der Waals surface area contributed by atoms with Gasteiger partial charge >= 0.3 is 6.09 Å². The highest BCUT2D eigenvalue weighted by Crippen LogP contribution is 2.44. The summed E-state index contributed by atoms with van der Waals surface area (Å²) in [6.45, 7) is 7.92. The van der Waals surface area contributed by atoms with Crippen molar-refractivity contribution in [1.82, 2.24) is 10.2 Å². The predicted octanol–water partition coefficient (Wildman–Crippen LogP) is 4.70. The van der Waals surface area contributed by atoms with Crippen molar-refractivity contribution in [1.29, 1.82) is 0 Å². The molecule has 1 N–H and O–H groups in total. The van der Waals surface area contributed by atoms with Crippen molar-refractivity contribution in [2.45, 2.75) is 38.8 Å². The van der Waals surface area contributed by atoms with Crippen LogP contribution in [0.1, 0.15) is 38.3 Å². The number of carbonyl (C=O) groups is 1. The molecule has 0 spiro atoms. The second kappa shape index (κ2) is 8.56. The molecule has 1 unspecified atom stereocenters. The number of carbonyl (C=O) groups excluding carboxylic acids is 1. The van der Waals surface area contributed by atoms with E-state index in [4.69, 9.17) is 9.47 Å². The number of hydrogen-bond donors (Lipinski definition) is 1. The molecule has 4 aliphatic rings. The van der Waals surface area contributed by atoms with Crippen molar-refractivity contribution in [3.05, 3.63) is 48.0 Å². The molecule has 6 heteroatoms. The largest absolute Gasteiger partial charge is 0.493 e. The normalized spacial score (nSPS) is 27.3. The summed E-state index contributed by atoms with van der Waals surface area (Å²) in [6, 6.07) is 14.6. The van der Waals surface area contributed by atoms with Gasteiger partial charge in [-0.3, -0.25) is 4.90 Å². The van der Waals surface area contributed by atoms with Crippen LogP contribution in [0.25, 0.3) is 11.1 Å². The zero-order valence-electron chi connectivity index (χ0n) is 20.1. The molecule has 0 saturated carbocycles. The van der Waals surface area contributed by atoms with E-state index >= 15 is 0 Å².